The van der Waals surface area contributed by atoms with Gasteiger partial charge in [0, 0.05) is 6.61 Å². The lowest BCUT2D eigenvalue weighted by atomic mass is 10.00. The Balaban J connectivity index is 2.28. The number of ether oxygens (including phenoxy) is 2. The number of hydrogen-bond acceptors (Lipinski definition) is 3. The Labute approximate surface area is 160 Å². The Kier molecular flexibility index (Phi) is 12.9. The van der Waals surface area contributed by atoms with Gasteiger partial charge in [0.05, 0.1) is 12.2 Å². The Hall–Kier alpha value is -1.35. The van der Waals surface area contributed by atoms with Crippen LogP contribution in [-0.4, -0.2) is 25.8 Å². The molecule has 0 radical (unpaired) electrons. The highest BCUT2D eigenvalue weighted by atomic mass is 16.6. The van der Waals surface area contributed by atoms with Gasteiger partial charge in [-0.2, -0.15) is 0 Å². The Morgan fingerprint density at radius 1 is 0.731 bits per heavy atom. The molecular formula is C23H38O3. The van der Waals surface area contributed by atoms with Gasteiger partial charge in [0.2, 0.25) is 0 Å². The van der Waals surface area contributed by atoms with E-state index in [1.807, 2.05) is 12.1 Å². The Morgan fingerprint density at radius 2 is 1.35 bits per heavy atom. The third kappa shape index (κ3) is 9.96. The molecule has 0 fully saturated rings. The molecule has 0 unspecified atom stereocenters. The number of carbonyl (C=O) groups is 1. The van der Waals surface area contributed by atoms with Gasteiger partial charge in [0.25, 0.3) is 0 Å². The van der Waals surface area contributed by atoms with Crippen molar-refractivity contribution in [1.29, 1.82) is 0 Å². The van der Waals surface area contributed by atoms with Crippen molar-refractivity contribution >= 4 is 5.97 Å². The summed E-state index contributed by atoms with van der Waals surface area (Å²) in [6.07, 6.45) is 11.7. The average Bonchev–Trinajstić information content (AvgIpc) is 2.63. The monoisotopic (exact) mass is 362 g/mol. The summed E-state index contributed by atoms with van der Waals surface area (Å²) in [5, 5.41) is 0. The fraction of sp³-hybridized carbons (Fsp3) is 0.696. The second-order valence-corrected chi connectivity index (χ2v) is 7.05. The van der Waals surface area contributed by atoms with Crippen molar-refractivity contribution in [2.45, 2.75) is 85.0 Å². The standard InChI is InChI=1S/C23H38O3/c1-4-7-8-9-10-11-14-25-15-16-26-23(24)22-18-20(12-5-2)17-21(19-22)13-6-3/h17-19H,4-16H2,1-3H3. The highest BCUT2D eigenvalue weighted by molar-refractivity contribution is 5.89. The number of rotatable bonds is 15. The van der Waals surface area contributed by atoms with E-state index in [0.717, 1.165) is 38.7 Å². The van der Waals surface area contributed by atoms with Crippen molar-refractivity contribution in [2.24, 2.45) is 0 Å². The molecule has 0 saturated carbocycles. The van der Waals surface area contributed by atoms with E-state index in [1.54, 1.807) is 0 Å². The predicted octanol–water partition coefficient (Wildman–Crippen LogP) is 6.13. The molecule has 0 atom stereocenters. The molecule has 0 aliphatic heterocycles. The van der Waals surface area contributed by atoms with Gasteiger partial charge in [-0.1, -0.05) is 71.8 Å². The first-order chi connectivity index (χ1) is 12.7. The van der Waals surface area contributed by atoms with E-state index in [-0.39, 0.29) is 5.97 Å². The van der Waals surface area contributed by atoms with Crippen molar-refractivity contribution < 1.29 is 14.3 Å². The average molecular weight is 363 g/mol. The molecule has 0 N–H and O–H groups in total. The van der Waals surface area contributed by atoms with Gasteiger partial charge in [-0.15, -0.1) is 0 Å². The summed E-state index contributed by atoms with van der Waals surface area (Å²) in [5.41, 5.74) is 3.13. The number of aryl methyl sites for hydroxylation is 2. The minimum absolute atomic E-state index is 0.233. The maximum atomic E-state index is 12.3. The largest absolute Gasteiger partial charge is 0.460 e. The zero-order valence-corrected chi connectivity index (χ0v) is 17.1. The lowest BCUT2D eigenvalue weighted by molar-refractivity contribution is 0.0312. The summed E-state index contributed by atoms with van der Waals surface area (Å²) in [5.74, 6) is -0.233. The first-order valence-electron chi connectivity index (χ1n) is 10.6. The maximum absolute atomic E-state index is 12.3. The quantitative estimate of drug-likeness (QED) is 0.278. The predicted molar refractivity (Wildman–Crippen MR) is 109 cm³/mol. The third-order valence-corrected chi connectivity index (χ3v) is 4.47. The number of unbranched alkanes of at least 4 members (excludes halogenated alkanes) is 5. The van der Waals surface area contributed by atoms with Gasteiger partial charge in [-0.25, -0.2) is 4.79 Å². The van der Waals surface area contributed by atoms with E-state index in [0.29, 0.717) is 18.8 Å². The summed E-state index contributed by atoms with van der Waals surface area (Å²) in [6.45, 7) is 8.12. The van der Waals surface area contributed by atoms with Gasteiger partial charge in [0.1, 0.15) is 6.61 Å². The van der Waals surface area contributed by atoms with Crippen LogP contribution >= 0.6 is 0 Å². The first kappa shape index (κ1) is 22.7. The summed E-state index contributed by atoms with van der Waals surface area (Å²) >= 11 is 0. The molecule has 3 nitrogen and oxygen atoms in total. The zero-order chi connectivity index (χ0) is 19.0. The minimum atomic E-state index is -0.233. The second kappa shape index (κ2) is 14.8. The smallest absolute Gasteiger partial charge is 0.338 e. The van der Waals surface area contributed by atoms with Gasteiger partial charge in [-0.3, -0.25) is 0 Å². The van der Waals surface area contributed by atoms with Crippen LogP contribution in [0.1, 0.15) is 93.6 Å². The van der Waals surface area contributed by atoms with Crippen molar-refractivity contribution in [1.82, 2.24) is 0 Å². The van der Waals surface area contributed by atoms with Crippen molar-refractivity contribution in [3.63, 3.8) is 0 Å². The van der Waals surface area contributed by atoms with Crippen LogP contribution in [-0.2, 0) is 22.3 Å². The molecule has 26 heavy (non-hydrogen) atoms. The molecule has 1 rings (SSSR count). The topological polar surface area (TPSA) is 35.5 Å². The number of esters is 1. The second-order valence-electron chi connectivity index (χ2n) is 7.05. The molecule has 3 heteroatoms. The molecule has 0 heterocycles. The lowest BCUT2D eigenvalue weighted by Crippen LogP contribution is -2.12. The van der Waals surface area contributed by atoms with E-state index in [1.165, 1.54) is 43.2 Å². The highest BCUT2D eigenvalue weighted by Gasteiger charge is 2.10. The summed E-state index contributed by atoms with van der Waals surface area (Å²) in [7, 11) is 0. The molecule has 1 aromatic carbocycles. The van der Waals surface area contributed by atoms with Gasteiger partial charge in [-0.05, 0) is 42.5 Å². The third-order valence-electron chi connectivity index (χ3n) is 4.47. The van der Waals surface area contributed by atoms with Crippen LogP contribution in [0, 0.1) is 0 Å². The lowest BCUT2D eigenvalue weighted by Gasteiger charge is -2.10. The molecule has 1 aromatic rings. The van der Waals surface area contributed by atoms with E-state index >= 15 is 0 Å². The van der Waals surface area contributed by atoms with Crippen LogP contribution in [0.3, 0.4) is 0 Å². The number of carbonyl (C=O) groups excluding carboxylic acids is 1. The van der Waals surface area contributed by atoms with Gasteiger partial charge < -0.3 is 9.47 Å². The molecule has 0 spiro atoms. The van der Waals surface area contributed by atoms with Gasteiger partial charge in [0.15, 0.2) is 0 Å². The fourth-order valence-electron chi connectivity index (χ4n) is 3.11. The number of benzene rings is 1. The molecule has 0 amide bonds. The fourth-order valence-corrected chi connectivity index (χ4v) is 3.11. The maximum Gasteiger partial charge on any atom is 0.338 e. The summed E-state index contributed by atoms with van der Waals surface area (Å²) in [4.78, 5) is 12.3. The van der Waals surface area contributed by atoms with Gasteiger partial charge >= 0.3 is 5.97 Å². The van der Waals surface area contributed by atoms with Crippen LogP contribution in [0.2, 0.25) is 0 Å². The Bertz CT molecular complexity index is 472. The van der Waals surface area contributed by atoms with Crippen LogP contribution in [0.4, 0.5) is 0 Å². The highest BCUT2D eigenvalue weighted by Crippen LogP contribution is 2.15. The van der Waals surface area contributed by atoms with Crippen LogP contribution < -0.4 is 0 Å². The summed E-state index contributed by atoms with van der Waals surface area (Å²) in [6, 6.07) is 6.16. The molecule has 0 saturated heterocycles. The molecule has 0 aliphatic rings. The van der Waals surface area contributed by atoms with E-state index < -0.39 is 0 Å². The Morgan fingerprint density at radius 3 is 1.96 bits per heavy atom. The van der Waals surface area contributed by atoms with Crippen LogP contribution in [0.15, 0.2) is 18.2 Å². The van der Waals surface area contributed by atoms with Crippen LogP contribution in [0.5, 0.6) is 0 Å². The molecule has 0 aromatic heterocycles. The van der Waals surface area contributed by atoms with Crippen molar-refractivity contribution in [2.75, 3.05) is 19.8 Å². The van der Waals surface area contributed by atoms with Crippen LogP contribution in [0.25, 0.3) is 0 Å². The molecule has 0 aliphatic carbocycles. The number of hydrogen-bond donors (Lipinski definition) is 0. The molecule has 0 bridgehead atoms. The normalized spacial score (nSPS) is 10.9. The van der Waals surface area contributed by atoms with E-state index in [9.17, 15) is 4.79 Å². The van der Waals surface area contributed by atoms with E-state index in [4.69, 9.17) is 9.47 Å². The first-order valence-corrected chi connectivity index (χ1v) is 10.6. The zero-order valence-electron chi connectivity index (χ0n) is 17.1. The SMILES string of the molecule is CCCCCCCCOCCOC(=O)c1cc(CCC)cc(CCC)c1. The minimum Gasteiger partial charge on any atom is -0.460 e. The van der Waals surface area contributed by atoms with Crippen molar-refractivity contribution in [3.05, 3.63) is 34.9 Å². The molecular weight excluding hydrogens is 324 g/mol. The van der Waals surface area contributed by atoms with Crippen molar-refractivity contribution in [3.8, 4) is 0 Å². The molecule has 148 valence electrons. The summed E-state index contributed by atoms with van der Waals surface area (Å²) < 4.78 is 11.0. The van der Waals surface area contributed by atoms with E-state index in [2.05, 4.69) is 26.8 Å².